The Morgan fingerprint density at radius 2 is 2.20 bits per heavy atom. The maximum absolute atomic E-state index is 11.5. The molecule has 0 bridgehead atoms. The molecule has 0 fully saturated rings. The third-order valence-electron chi connectivity index (χ3n) is 1.87. The van der Waals surface area contributed by atoms with E-state index in [1.807, 2.05) is 6.92 Å². The summed E-state index contributed by atoms with van der Waals surface area (Å²) >= 11 is 0. The number of nitrogen functional groups attached to an aromatic ring is 1. The number of hydrogen-bond acceptors (Lipinski definition) is 4. The molecule has 4 nitrogen and oxygen atoms in total. The van der Waals surface area contributed by atoms with E-state index in [4.69, 9.17) is 15.6 Å². The fourth-order valence-corrected chi connectivity index (χ4v) is 1.24. The Hall–Kier alpha value is -1.55. The minimum absolute atomic E-state index is 0.0171. The standard InChI is InChI=1S/C11H15NO3/c1-8-5-9(7-10(12)6-8)11(14)15-4-2-3-13/h5-7,13H,2-4,12H2,1H3. The molecule has 0 aromatic heterocycles. The van der Waals surface area contributed by atoms with Gasteiger partial charge in [-0.15, -0.1) is 0 Å². The Morgan fingerprint density at radius 1 is 1.47 bits per heavy atom. The lowest BCUT2D eigenvalue weighted by molar-refractivity contribution is 0.0482. The highest BCUT2D eigenvalue weighted by Crippen LogP contribution is 2.12. The molecule has 0 spiro atoms. The van der Waals surface area contributed by atoms with Crippen molar-refractivity contribution in [3.8, 4) is 0 Å². The average Bonchev–Trinajstić information content (AvgIpc) is 2.16. The van der Waals surface area contributed by atoms with Crippen molar-refractivity contribution < 1.29 is 14.6 Å². The van der Waals surface area contributed by atoms with Gasteiger partial charge in [0.15, 0.2) is 0 Å². The Balaban J connectivity index is 2.65. The Bertz CT molecular complexity index is 329. The normalized spacial score (nSPS) is 10.0. The van der Waals surface area contributed by atoms with Crippen LogP contribution in [0.5, 0.6) is 0 Å². The first-order valence-electron chi connectivity index (χ1n) is 4.78. The number of benzene rings is 1. The van der Waals surface area contributed by atoms with Crippen LogP contribution in [0.1, 0.15) is 22.3 Å². The number of aliphatic hydroxyl groups is 1. The summed E-state index contributed by atoms with van der Waals surface area (Å²) in [5, 5.41) is 8.53. The fourth-order valence-electron chi connectivity index (χ4n) is 1.24. The van der Waals surface area contributed by atoms with Gasteiger partial charge in [-0.05, 0) is 30.7 Å². The average molecular weight is 209 g/mol. The van der Waals surface area contributed by atoms with Crippen molar-refractivity contribution in [2.75, 3.05) is 18.9 Å². The van der Waals surface area contributed by atoms with Gasteiger partial charge in [0.05, 0.1) is 12.2 Å². The Labute approximate surface area is 88.7 Å². The number of esters is 1. The minimum atomic E-state index is -0.404. The summed E-state index contributed by atoms with van der Waals surface area (Å²) in [4.78, 5) is 11.5. The van der Waals surface area contributed by atoms with Crippen LogP contribution < -0.4 is 5.73 Å². The van der Waals surface area contributed by atoms with Crippen molar-refractivity contribution in [1.82, 2.24) is 0 Å². The van der Waals surface area contributed by atoms with Crippen LogP contribution in [0.25, 0.3) is 0 Å². The molecule has 0 saturated heterocycles. The summed E-state index contributed by atoms with van der Waals surface area (Å²) in [5.74, 6) is -0.404. The summed E-state index contributed by atoms with van der Waals surface area (Å²) in [7, 11) is 0. The predicted octanol–water partition coefficient (Wildman–Crippen LogP) is 1.12. The van der Waals surface area contributed by atoms with E-state index >= 15 is 0 Å². The second-order valence-corrected chi connectivity index (χ2v) is 3.35. The zero-order valence-electron chi connectivity index (χ0n) is 8.69. The monoisotopic (exact) mass is 209 g/mol. The van der Waals surface area contributed by atoms with Crippen LogP contribution in [0.3, 0.4) is 0 Å². The number of aliphatic hydroxyl groups excluding tert-OH is 1. The van der Waals surface area contributed by atoms with Gasteiger partial charge in [0.1, 0.15) is 0 Å². The molecule has 1 rings (SSSR count). The smallest absolute Gasteiger partial charge is 0.338 e. The second kappa shape index (κ2) is 5.36. The van der Waals surface area contributed by atoms with Crippen LogP contribution >= 0.6 is 0 Å². The molecule has 0 saturated carbocycles. The largest absolute Gasteiger partial charge is 0.462 e. The fraction of sp³-hybridized carbons (Fsp3) is 0.364. The van der Waals surface area contributed by atoms with Crippen LogP contribution in [0, 0.1) is 6.92 Å². The highest BCUT2D eigenvalue weighted by atomic mass is 16.5. The van der Waals surface area contributed by atoms with Crippen molar-refractivity contribution >= 4 is 11.7 Å². The highest BCUT2D eigenvalue weighted by Gasteiger charge is 2.07. The first kappa shape index (κ1) is 11.5. The molecule has 0 amide bonds. The van der Waals surface area contributed by atoms with E-state index in [-0.39, 0.29) is 13.2 Å². The lowest BCUT2D eigenvalue weighted by atomic mass is 10.1. The number of rotatable bonds is 4. The Kier molecular flexibility index (Phi) is 4.12. The molecular weight excluding hydrogens is 194 g/mol. The summed E-state index contributed by atoms with van der Waals surface area (Å²) in [6.45, 7) is 2.10. The lowest BCUT2D eigenvalue weighted by Gasteiger charge is -2.05. The van der Waals surface area contributed by atoms with Crippen molar-refractivity contribution in [3.63, 3.8) is 0 Å². The number of aryl methyl sites for hydroxylation is 1. The van der Waals surface area contributed by atoms with Crippen molar-refractivity contribution in [2.24, 2.45) is 0 Å². The van der Waals surface area contributed by atoms with E-state index in [2.05, 4.69) is 0 Å². The van der Waals surface area contributed by atoms with Gasteiger partial charge in [0, 0.05) is 18.7 Å². The van der Waals surface area contributed by atoms with Crippen LogP contribution in [0.4, 0.5) is 5.69 Å². The molecule has 0 heterocycles. The van der Waals surface area contributed by atoms with Gasteiger partial charge < -0.3 is 15.6 Å². The zero-order chi connectivity index (χ0) is 11.3. The molecular formula is C11H15NO3. The Morgan fingerprint density at radius 3 is 2.80 bits per heavy atom. The quantitative estimate of drug-likeness (QED) is 0.442. The first-order chi connectivity index (χ1) is 7.13. The number of nitrogens with two attached hydrogens (primary N) is 1. The van der Waals surface area contributed by atoms with Crippen LogP contribution in [0.2, 0.25) is 0 Å². The van der Waals surface area contributed by atoms with Crippen LogP contribution in [-0.4, -0.2) is 24.3 Å². The van der Waals surface area contributed by atoms with Gasteiger partial charge >= 0.3 is 5.97 Å². The number of hydrogen-bond donors (Lipinski definition) is 2. The van der Waals surface area contributed by atoms with E-state index < -0.39 is 5.97 Å². The van der Waals surface area contributed by atoms with Crippen molar-refractivity contribution in [3.05, 3.63) is 29.3 Å². The van der Waals surface area contributed by atoms with Gasteiger partial charge in [-0.2, -0.15) is 0 Å². The number of ether oxygens (including phenoxy) is 1. The summed E-state index contributed by atoms with van der Waals surface area (Å²) in [6, 6.07) is 5.08. The molecule has 15 heavy (non-hydrogen) atoms. The number of anilines is 1. The summed E-state index contributed by atoms with van der Waals surface area (Å²) in [6.07, 6.45) is 0.451. The van der Waals surface area contributed by atoms with Gasteiger partial charge in [0.2, 0.25) is 0 Å². The predicted molar refractivity (Wildman–Crippen MR) is 57.6 cm³/mol. The molecule has 4 heteroatoms. The summed E-state index contributed by atoms with van der Waals surface area (Å²) < 4.78 is 4.92. The maximum Gasteiger partial charge on any atom is 0.338 e. The second-order valence-electron chi connectivity index (χ2n) is 3.35. The third kappa shape index (κ3) is 3.59. The molecule has 0 aliphatic carbocycles. The molecule has 0 atom stereocenters. The van der Waals surface area contributed by atoms with Crippen LogP contribution in [0.15, 0.2) is 18.2 Å². The SMILES string of the molecule is Cc1cc(N)cc(C(=O)OCCCO)c1. The lowest BCUT2D eigenvalue weighted by Crippen LogP contribution is -2.08. The zero-order valence-corrected chi connectivity index (χ0v) is 8.69. The molecule has 82 valence electrons. The van der Waals surface area contributed by atoms with Gasteiger partial charge in [-0.25, -0.2) is 4.79 Å². The van der Waals surface area contributed by atoms with Gasteiger partial charge in [0.25, 0.3) is 0 Å². The molecule has 3 N–H and O–H groups in total. The van der Waals surface area contributed by atoms with E-state index in [1.54, 1.807) is 18.2 Å². The van der Waals surface area contributed by atoms with Crippen molar-refractivity contribution in [1.29, 1.82) is 0 Å². The van der Waals surface area contributed by atoms with Gasteiger partial charge in [-0.3, -0.25) is 0 Å². The molecule has 0 aliphatic rings. The minimum Gasteiger partial charge on any atom is -0.462 e. The van der Waals surface area contributed by atoms with E-state index in [1.165, 1.54) is 0 Å². The molecule has 1 aromatic rings. The van der Waals surface area contributed by atoms with Crippen molar-refractivity contribution in [2.45, 2.75) is 13.3 Å². The van der Waals surface area contributed by atoms with E-state index in [9.17, 15) is 4.79 Å². The first-order valence-corrected chi connectivity index (χ1v) is 4.78. The highest BCUT2D eigenvalue weighted by molar-refractivity contribution is 5.90. The molecule has 1 aromatic carbocycles. The maximum atomic E-state index is 11.5. The topological polar surface area (TPSA) is 72.6 Å². The molecule has 0 radical (unpaired) electrons. The molecule has 0 aliphatic heterocycles. The molecule has 0 unspecified atom stereocenters. The third-order valence-corrected chi connectivity index (χ3v) is 1.87. The summed E-state index contributed by atoms with van der Waals surface area (Å²) in [5.41, 5.74) is 7.52. The van der Waals surface area contributed by atoms with E-state index in [0.29, 0.717) is 17.7 Å². The number of carbonyl (C=O) groups excluding carboxylic acids is 1. The van der Waals surface area contributed by atoms with Gasteiger partial charge in [-0.1, -0.05) is 0 Å². The van der Waals surface area contributed by atoms with Crippen LogP contribution in [-0.2, 0) is 4.74 Å². The number of carbonyl (C=O) groups is 1. The van der Waals surface area contributed by atoms with E-state index in [0.717, 1.165) is 5.56 Å².